The van der Waals surface area contributed by atoms with Crippen molar-refractivity contribution in [2.45, 2.75) is 26.8 Å². The molecule has 1 atom stereocenters. The van der Waals surface area contributed by atoms with Crippen molar-refractivity contribution in [3.8, 4) is 5.75 Å². The van der Waals surface area contributed by atoms with Crippen LogP contribution in [0.3, 0.4) is 0 Å². The number of ether oxygens (including phenoxy) is 1. The maximum atomic E-state index is 11.8. The van der Waals surface area contributed by atoms with Gasteiger partial charge in [-0.15, -0.1) is 0 Å². The van der Waals surface area contributed by atoms with Gasteiger partial charge >= 0.3 is 5.97 Å². The second-order valence-electron chi connectivity index (χ2n) is 5.11. The van der Waals surface area contributed by atoms with Gasteiger partial charge in [-0.1, -0.05) is 0 Å². The second-order valence-corrected chi connectivity index (χ2v) is 5.11. The molecule has 20 heavy (non-hydrogen) atoms. The van der Waals surface area contributed by atoms with Crippen molar-refractivity contribution in [1.82, 2.24) is 0 Å². The van der Waals surface area contributed by atoms with Crippen molar-refractivity contribution < 1.29 is 19.6 Å². The summed E-state index contributed by atoms with van der Waals surface area (Å²) >= 11 is 0. The maximum Gasteiger partial charge on any atom is 0.313 e. The third kappa shape index (κ3) is 2.57. The number of phenols is 1. The summed E-state index contributed by atoms with van der Waals surface area (Å²) < 4.78 is 4.66. The highest BCUT2D eigenvalue weighted by atomic mass is 16.6. The largest absolute Gasteiger partial charge is 0.507 e. The molecule has 0 amide bonds. The summed E-state index contributed by atoms with van der Waals surface area (Å²) in [4.78, 5) is 22.2. The molecule has 0 radical (unpaired) electrons. The molecule has 0 saturated heterocycles. The number of hydrogen-bond donors (Lipinski definition) is 2. The fourth-order valence-electron chi connectivity index (χ4n) is 1.92. The lowest BCUT2D eigenvalue weighted by atomic mass is 9.79. The van der Waals surface area contributed by atoms with Gasteiger partial charge in [0.25, 0.3) is 5.69 Å². The van der Waals surface area contributed by atoms with Gasteiger partial charge in [0.15, 0.2) is 0 Å². The highest BCUT2D eigenvalue weighted by molar-refractivity contribution is 5.78. The van der Waals surface area contributed by atoms with Crippen molar-refractivity contribution in [1.29, 1.82) is 0 Å². The summed E-state index contributed by atoms with van der Waals surface area (Å²) in [6, 6.07) is 1.61. The smallest absolute Gasteiger partial charge is 0.313 e. The number of benzene rings is 1. The number of nitro benzene ring substituents is 1. The van der Waals surface area contributed by atoms with Crippen LogP contribution in [0.15, 0.2) is 12.1 Å². The molecule has 7 nitrogen and oxygen atoms in total. The number of phenolic OH excluding ortho intramolecular Hbond substituents is 1. The third-order valence-electron chi connectivity index (χ3n) is 3.39. The standard InChI is InChI=1S/C13H18N2O5/c1-7-5-6-8(15(18)19)9(10(7)16)11(14)13(2,3)12(17)20-4/h5-6,11,16H,14H2,1-4H3/t11-/m0/s1. The number of aryl methyl sites for hydroxylation is 1. The van der Waals surface area contributed by atoms with Gasteiger partial charge in [-0.3, -0.25) is 14.9 Å². The lowest BCUT2D eigenvalue weighted by molar-refractivity contribution is -0.386. The van der Waals surface area contributed by atoms with Crippen LogP contribution in [0.5, 0.6) is 5.75 Å². The number of nitrogens with two attached hydrogens (primary N) is 1. The average molecular weight is 282 g/mol. The van der Waals surface area contributed by atoms with Crippen molar-refractivity contribution >= 4 is 11.7 Å². The monoisotopic (exact) mass is 282 g/mol. The van der Waals surface area contributed by atoms with E-state index in [0.717, 1.165) is 0 Å². The Bertz CT molecular complexity index is 554. The molecule has 0 fully saturated rings. The minimum atomic E-state index is -1.22. The summed E-state index contributed by atoms with van der Waals surface area (Å²) in [6.45, 7) is 4.62. The summed E-state index contributed by atoms with van der Waals surface area (Å²) in [7, 11) is 1.21. The first-order valence-electron chi connectivity index (χ1n) is 5.95. The van der Waals surface area contributed by atoms with Gasteiger partial charge in [-0.05, 0) is 32.4 Å². The molecule has 1 aromatic rings. The minimum absolute atomic E-state index is 0.0644. The molecule has 0 aliphatic rings. The van der Waals surface area contributed by atoms with E-state index in [4.69, 9.17) is 5.73 Å². The molecule has 7 heteroatoms. The average Bonchev–Trinajstić information content (AvgIpc) is 2.39. The van der Waals surface area contributed by atoms with Crippen LogP contribution >= 0.6 is 0 Å². The Morgan fingerprint density at radius 1 is 1.50 bits per heavy atom. The molecular formula is C13H18N2O5. The Hall–Kier alpha value is -2.15. The van der Waals surface area contributed by atoms with E-state index in [1.807, 2.05) is 0 Å². The lowest BCUT2D eigenvalue weighted by Gasteiger charge is -2.29. The van der Waals surface area contributed by atoms with E-state index < -0.39 is 22.3 Å². The van der Waals surface area contributed by atoms with Crippen LogP contribution in [0.1, 0.15) is 31.0 Å². The molecular weight excluding hydrogens is 264 g/mol. The lowest BCUT2D eigenvalue weighted by Crippen LogP contribution is -2.37. The zero-order valence-corrected chi connectivity index (χ0v) is 11.8. The van der Waals surface area contributed by atoms with Crippen LogP contribution in [-0.4, -0.2) is 23.1 Å². The van der Waals surface area contributed by atoms with Crippen LogP contribution in [0, 0.1) is 22.5 Å². The number of hydrogen-bond acceptors (Lipinski definition) is 6. The second kappa shape index (κ2) is 5.46. The minimum Gasteiger partial charge on any atom is -0.507 e. The van der Waals surface area contributed by atoms with E-state index in [0.29, 0.717) is 5.56 Å². The highest BCUT2D eigenvalue weighted by Gasteiger charge is 2.41. The van der Waals surface area contributed by atoms with Crippen LogP contribution in [-0.2, 0) is 9.53 Å². The molecule has 0 spiro atoms. The number of aromatic hydroxyl groups is 1. The SMILES string of the molecule is COC(=O)C(C)(C)[C@@H](N)c1c([N+](=O)[O-])ccc(C)c1O. The maximum absolute atomic E-state index is 11.8. The normalized spacial score (nSPS) is 12.8. The van der Waals surface area contributed by atoms with Crippen LogP contribution in [0.2, 0.25) is 0 Å². The molecule has 0 aliphatic heterocycles. The van der Waals surface area contributed by atoms with E-state index in [-0.39, 0.29) is 17.0 Å². The number of carbonyl (C=O) groups excluding carboxylic acids is 1. The Morgan fingerprint density at radius 3 is 2.50 bits per heavy atom. The molecule has 0 aromatic heterocycles. The number of carbonyl (C=O) groups is 1. The summed E-state index contributed by atoms with van der Waals surface area (Å²) in [5.41, 5.74) is 4.83. The van der Waals surface area contributed by atoms with Gasteiger partial charge in [0.1, 0.15) is 5.75 Å². The zero-order chi connectivity index (χ0) is 15.7. The molecule has 0 bridgehead atoms. The number of nitro groups is 1. The van der Waals surface area contributed by atoms with E-state index in [9.17, 15) is 20.0 Å². The predicted octanol–water partition coefficient (Wildman–Crippen LogP) is 1.81. The molecule has 0 aliphatic carbocycles. The van der Waals surface area contributed by atoms with Gasteiger partial charge in [0.2, 0.25) is 0 Å². The van der Waals surface area contributed by atoms with Gasteiger partial charge < -0.3 is 15.6 Å². The molecule has 3 N–H and O–H groups in total. The first-order valence-corrected chi connectivity index (χ1v) is 5.95. The van der Waals surface area contributed by atoms with Crippen molar-refractivity contribution in [2.24, 2.45) is 11.1 Å². The number of methoxy groups -OCH3 is 1. The summed E-state index contributed by atoms with van der Waals surface area (Å²) in [5, 5.41) is 21.2. The number of rotatable bonds is 4. The van der Waals surface area contributed by atoms with Gasteiger partial charge in [-0.25, -0.2) is 0 Å². The van der Waals surface area contributed by atoms with E-state index in [1.54, 1.807) is 6.92 Å². The molecule has 0 saturated carbocycles. The summed E-state index contributed by atoms with van der Waals surface area (Å²) in [6.07, 6.45) is 0. The molecule has 0 heterocycles. The van der Waals surface area contributed by atoms with E-state index in [1.165, 1.54) is 33.1 Å². The van der Waals surface area contributed by atoms with Crippen LogP contribution < -0.4 is 5.73 Å². The molecule has 0 unspecified atom stereocenters. The van der Waals surface area contributed by atoms with Crippen molar-refractivity contribution in [2.75, 3.05) is 7.11 Å². The topological polar surface area (TPSA) is 116 Å². The Morgan fingerprint density at radius 2 is 2.05 bits per heavy atom. The number of nitrogens with zero attached hydrogens (tertiary/aromatic N) is 1. The van der Waals surface area contributed by atoms with Gasteiger partial charge in [0.05, 0.1) is 29.1 Å². The predicted molar refractivity (Wildman–Crippen MR) is 72.2 cm³/mol. The third-order valence-corrected chi connectivity index (χ3v) is 3.39. The molecule has 1 rings (SSSR count). The Kier molecular flexibility index (Phi) is 4.34. The quantitative estimate of drug-likeness (QED) is 0.494. The molecule has 110 valence electrons. The fraction of sp³-hybridized carbons (Fsp3) is 0.462. The fourth-order valence-corrected chi connectivity index (χ4v) is 1.92. The summed E-state index contributed by atoms with van der Waals surface area (Å²) in [5.74, 6) is -0.885. The van der Waals surface area contributed by atoms with E-state index >= 15 is 0 Å². The van der Waals surface area contributed by atoms with Crippen LogP contribution in [0.4, 0.5) is 5.69 Å². The first kappa shape index (κ1) is 15.9. The molecule has 1 aromatic carbocycles. The first-order chi connectivity index (χ1) is 9.14. The zero-order valence-electron chi connectivity index (χ0n) is 11.8. The van der Waals surface area contributed by atoms with Gasteiger partial charge in [-0.2, -0.15) is 0 Å². The number of esters is 1. The Labute approximate surface area is 116 Å². The van der Waals surface area contributed by atoms with Crippen molar-refractivity contribution in [3.05, 3.63) is 33.4 Å². The Balaban J connectivity index is 3.49. The van der Waals surface area contributed by atoms with Gasteiger partial charge in [0, 0.05) is 6.07 Å². The van der Waals surface area contributed by atoms with Crippen LogP contribution in [0.25, 0.3) is 0 Å². The van der Waals surface area contributed by atoms with Crippen molar-refractivity contribution in [3.63, 3.8) is 0 Å². The highest BCUT2D eigenvalue weighted by Crippen LogP contribution is 2.42. The van der Waals surface area contributed by atoms with E-state index in [2.05, 4.69) is 4.74 Å².